The van der Waals surface area contributed by atoms with E-state index in [-0.39, 0.29) is 23.0 Å². The molecule has 2 spiro atoms. The second-order valence-electron chi connectivity index (χ2n) is 10.8. The molecular weight excluding hydrogens is 402 g/mol. The molecule has 4 atom stereocenters. The number of likely N-dealkylation sites (tertiary alicyclic amines) is 2. The lowest BCUT2D eigenvalue weighted by atomic mass is 9.73. The zero-order valence-electron chi connectivity index (χ0n) is 19.6. The van der Waals surface area contributed by atoms with Gasteiger partial charge in [-0.25, -0.2) is 4.79 Å². The summed E-state index contributed by atoms with van der Waals surface area (Å²) in [6.45, 7) is 9.16. The summed E-state index contributed by atoms with van der Waals surface area (Å²) >= 11 is 0. The van der Waals surface area contributed by atoms with Crippen LogP contribution >= 0.6 is 0 Å². The predicted octanol–water partition coefficient (Wildman–Crippen LogP) is 3.85. The van der Waals surface area contributed by atoms with Gasteiger partial charge in [-0.3, -0.25) is 9.69 Å². The SMILES string of the molecule is CCOC(=O)N1C2CCC3CC(N4CCC5(CC4)CN(C(C)=O)c4c(C)cccc45)CC321. The maximum atomic E-state index is 12.5. The topological polar surface area (TPSA) is 52.9 Å². The molecule has 4 unspecified atom stereocenters. The summed E-state index contributed by atoms with van der Waals surface area (Å²) in [6.07, 6.45) is 6.85. The van der Waals surface area contributed by atoms with Gasteiger partial charge in [0.05, 0.1) is 23.9 Å². The van der Waals surface area contributed by atoms with Gasteiger partial charge in [-0.1, -0.05) is 18.2 Å². The fourth-order valence-electron chi connectivity index (χ4n) is 8.07. The zero-order chi connectivity index (χ0) is 22.3. The first-order valence-corrected chi connectivity index (χ1v) is 12.5. The first-order chi connectivity index (χ1) is 15.4. The number of benzene rings is 1. The van der Waals surface area contributed by atoms with Gasteiger partial charge < -0.3 is 14.5 Å². The maximum Gasteiger partial charge on any atom is 0.410 e. The summed E-state index contributed by atoms with van der Waals surface area (Å²) in [5.41, 5.74) is 3.93. The number of carbonyl (C=O) groups is 2. The highest BCUT2D eigenvalue weighted by molar-refractivity contribution is 5.95. The number of hydrogen-bond donors (Lipinski definition) is 0. The molecule has 0 radical (unpaired) electrons. The minimum absolute atomic E-state index is 0.0918. The van der Waals surface area contributed by atoms with E-state index in [1.54, 1.807) is 6.92 Å². The molecule has 1 aromatic rings. The molecule has 2 saturated carbocycles. The van der Waals surface area contributed by atoms with Gasteiger partial charge in [0.2, 0.25) is 5.91 Å². The fourth-order valence-corrected chi connectivity index (χ4v) is 8.07. The Balaban J connectivity index is 1.17. The van der Waals surface area contributed by atoms with E-state index in [1.807, 2.05) is 11.8 Å². The molecule has 2 saturated heterocycles. The molecule has 6 nitrogen and oxygen atoms in total. The molecule has 3 aliphatic heterocycles. The highest BCUT2D eigenvalue weighted by Gasteiger charge is 2.75. The number of piperidine rings is 2. The molecule has 6 rings (SSSR count). The minimum atomic E-state index is -0.0947. The maximum absolute atomic E-state index is 12.5. The number of aryl methyl sites for hydroxylation is 1. The van der Waals surface area contributed by atoms with E-state index in [1.165, 1.54) is 24.0 Å². The van der Waals surface area contributed by atoms with Crippen LogP contribution in [0.1, 0.15) is 63.5 Å². The number of rotatable bonds is 2. The highest BCUT2D eigenvalue weighted by atomic mass is 16.6. The van der Waals surface area contributed by atoms with Gasteiger partial charge >= 0.3 is 6.09 Å². The predicted molar refractivity (Wildman–Crippen MR) is 123 cm³/mol. The van der Waals surface area contributed by atoms with Crippen molar-refractivity contribution in [2.75, 3.05) is 31.1 Å². The fraction of sp³-hybridized carbons (Fsp3) is 0.692. The monoisotopic (exact) mass is 437 g/mol. The van der Waals surface area contributed by atoms with E-state index in [9.17, 15) is 9.59 Å². The van der Waals surface area contributed by atoms with Crippen molar-refractivity contribution in [3.05, 3.63) is 29.3 Å². The Labute approximate surface area is 190 Å². The lowest BCUT2D eigenvalue weighted by Gasteiger charge is -2.42. The van der Waals surface area contributed by atoms with Crippen LogP contribution in [0.5, 0.6) is 0 Å². The first-order valence-electron chi connectivity index (χ1n) is 12.5. The lowest BCUT2D eigenvalue weighted by molar-refractivity contribution is -0.116. The van der Waals surface area contributed by atoms with Crippen LogP contribution in [0.3, 0.4) is 0 Å². The third-order valence-corrected chi connectivity index (χ3v) is 9.54. The quantitative estimate of drug-likeness (QED) is 0.660. The molecule has 2 amide bonds. The van der Waals surface area contributed by atoms with Crippen molar-refractivity contribution in [1.82, 2.24) is 9.80 Å². The lowest BCUT2D eigenvalue weighted by Crippen LogP contribution is -2.48. The van der Waals surface area contributed by atoms with E-state index in [0.717, 1.165) is 51.0 Å². The number of ether oxygens (including phenoxy) is 1. The first kappa shape index (κ1) is 20.5. The summed E-state index contributed by atoms with van der Waals surface area (Å²) in [5, 5.41) is 0. The smallest absolute Gasteiger partial charge is 0.410 e. The number of para-hydroxylation sites is 1. The number of carbonyl (C=O) groups excluding carboxylic acids is 2. The molecule has 6 heteroatoms. The van der Waals surface area contributed by atoms with Crippen molar-refractivity contribution in [3.8, 4) is 0 Å². The molecule has 0 aromatic heterocycles. The van der Waals surface area contributed by atoms with E-state index in [4.69, 9.17) is 4.74 Å². The van der Waals surface area contributed by atoms with Crippen LogP contribution in [0.4, 0.5) is 10.5 Å². The van der Waals surface area contributed by atoms with Crippen LogP contribution in [0.15, 0.2) is 18.2 Å². The van der Waals surface area contributed by atoms with Gasteiger partial charge in [-0.2, -0.15) is 0 Å². The molecule has 0 N–H and O–H groups in total. The summed E-state index contributed by atoms with van der Waals surface area (Å²) in [4.78, 5) is 31.7. The van der Waals surface area contributed by atoms with Gasteiger partial charge in [0.25, 0.3) is 0 Å². The Morgan fingerprint density at radius 1 is 1.19 bits per heavy atom. The summed E-state index contributed by atoms with van der Waals surface area (Å²) < 4.78 is 5.36. The van der Waals surface area contributed by atoms with Crippen molar-refractivity contribution >= 4 is 17.7 Å². The van der Waals surface area contributed by atoms with Gasteiger partial charge in [-0.15, -0.1) is 0 Å². The molecule has 1 aromatic carbocycles. The molecule has 2 aliphatic carbocycles. The van der Waals surface area contributed by atoms with E-state index in [2.05, 4.69) is 34.9 Å². The summed E-state index contributed by atoms with van der Waals surface area (Å²) in [6, 6.07) is 7.52. The van der Waals surface area contributed by atoms with Crippen LogP contribution in [-0.2, 0) is 14.9 Å². The number of fused-ring (bicyclic) bond motifs is 2. The van der Waals surface area contributed by atoms with Crippen LogP contribution in [0.2, 0.25) is 0 Å². The number of amides is 2. The average molecular weight is 438 g/mol. The standard InChI is InChI=1S/C26H35N3O3/c1-4-32-24(31)29-22-9-8-19-14-20(15-26(19,22)29)27-12-10-25(11-13-27)16-28(18(3)30)23-17(2)6-5-7-21(23)25/h5-7,19-20,22H,4,8-16H2,1-3H3. The molecule has 3 heterocycles. The van der Waals surface area contributed by atoms with Gasteiger partial charge in [0.1, 0.15) is 0 Å². The largest absolute Gasteiger partial charge is 0.450 e. The molecule has 0 bridgehead atoms. The Morgan fingerprint density at radius 3 is 2.69 bits per heavy atom. The number of anilines is 1. The van der Waals surface area contributed by atoms with Crippen molar-refractivity contribution < 1.29 is 14.3 Å². The van der Waals surface area contributed by atoms with Crippen molar-refractivity contribution in [2.24, 2.45) is 5.92 Å². The molecule has 4 fully saturated rings. The average Bonchev–Trinajstić information content (AvgIpc) is 3.04. The van der Waals surface area contributed by atoms with E-state index < -0.39 is 0 Å². The van der Waals surface area contributed by atoms with Crippen LogP contribution in [0, 0.1) is 12.8 Å². The highest BCUT2D eigenvalue weighted by Crippen LogP contribution is 2.65. The Kier molecular flexibility index (Phi) is 4.46. The van der Waals surface area contributed by atoms with Crippen LogP contribution in [0.25, 0.3) is 0 Å². The molecule has 5 aliphatic rings. The third kappa shape index (κ3) is 2.62. The minimum Gasteiger partial charge on any atom is -0.450 e. The summed E-state index contributed by atoms with van der Waals surface area (Å²) in [7, 11) is 0. The van der Waals surface area contributed by atoms with Crippen molar-refractivity contribution in [1.29, 1.82) is 0 Å². The van der Waals surface area contributed by atoms with Crippen LogP contribution in [-0.4, -0.2) is 65.7 Å². The van der Waals surface area contributed by atoms with Gasteiger partial charge in [-0.05, 0) is 82.5 Å². The van der Waals surface area contributed by atoms with Gasteiger partial charge in [0, 0.05) is 24.9 Å². The summed E-state index contributed by atoms with van der Waals surface area (Å²) in [5.74, 6) is 0.794. The van der Waals surface area contributed by atoms with Crippen LogP contribution < -0.4 is 4.90 Å². The molecule has 32 heavy (non-hydrogen) atoms. The zero-order valence-corrected chi connectivity index (χ0v) is 19.6. The Bertz CT molecular complexity index is 969. The Hall–Kier alpha value is -2.08. The Morgan fingerprint density at radius 2 is 1.97 bits per heavy atom. The van der Waals surface area contributed by atoms with Crippen molar-refractivity contribution in [2.45, 2.75) is 82.3 Å². The van der Waals surface area contributed by atoms with Gasteiger partial charge in [0.15, 0.2) is 0 Å². The molecular formula is C26H35N3O3. The molecule has 172 valence electrons. The number of nitrogens with zero attached hydrogens (tertiary/aromatic N) is 3. The second kappa shape index (κ2) is 6.96. The van der Waals surface area contributed by atoms with Crippen molar-refractivity contribution in [3.63, 3.8) is 0 Å². The normalized spacial score (nSPS) is 34.4. The van der Waals surface area contributed by atoms with E-state index >= 15 is 0 Å². The second-order valence-corrected chi connectivity index (χ2v) is 10.8. The third-order valence-electron chi connectivity index (χ3n) is 9.54. The number of hydrogen-bond acceptors (Lipinski definition) is 4. The van der Waals surface area contributed by atoms with E-state index in [0.29, 0.717) is 24.6 Å².